The normalized spacial score (nSPS) is 12.8. The third kappa shape index (κ3) is 7.42. The van der Waals surface area contributed by atoms with Gasteiger partial charge in [-0.3, -0.25) is 4.72 Å². The summed E-state index contributed by atoms with van der Waals surface area (Å²) < 4.78 is 50.3. The molecule has 0 unspecified atom stereocenters. The molecule has 0 atom stereocenters. The summed E-state index contributed by atoms with van der Waals surface area (Å²) in [6.45, 7) is 1.25. The highest BCUT2D eigenvalue weighted by atomic mass is 32.2. The van der Waals surface area contributed by atoms with E-state index < -0.39 is 11.7 Å². The molecule has 1 aliphatic rings. The summed E-state index contributed by atoms with van der Waals surface area (Å²) in [7, 11) is 1.52. The Balaban J connectivity index is 0.000000188. The molecule has 2 aromatic carbocycles. The molecule has 0 amide bonds. The summed E-state index contributed by atoms with van der Waals surface area (Å²) in [6.07, 6.45) is 1.88. The fourth-order valence-corrected chi connectivity index (χ4v) is 3.58. The van der Waals surface area contributed by atoms with E-state index in [9.17, 15) is 13.2 Å². The minimum Gasteiger partial charge on any atom is -0.493 e. The number of ether oxygens (including phenoxy) is 2. The summed E-state index contributed by atoms with van der Waals surface area (Å²) in [6, 6.07) is 13.4. The van der Waals surface area contributed by atoms with E-state index in [-0.39, 0.29) is 0 Å². The van der Waals surface area contributed by atoms with Crippen molar-refractivity contribution in [2.75, 3.05) is 25.0 Å². The van der Waals surface area contributed by atoms with Crippen LogP contribution in [0.15, 0.2) is 65.8 Å². The lowest BCUT2D eigenvalue weighted by atomic mass is 10.1. The van der Waals surface area contributed by atoms with Gasteiger partial charge in [-0.15, -0.1) is 0 Å². The largest absolute Gasteiger partial charge is 0.493 e. The number of halogens is 3. The van der Waals surface area contributed by atoms with Gasteiger partial charge in [0.2, 0.25) is 5.95 Å². The van der Waals surface area contributed by atoms with Gasteiger partial charge in [0.1, 0.15) is 5.75 Å². The second-order valence-corrected chi connectivity index (χ2v) is 7.82. The average molecular weight is 464 g/mol. The smallest absolute Gasteiger partial charge is 0.416 e. The molecular weight excluding hydrogens is 439 g/mol. The van der Waals surface area contributed by atoms with E-state index in [0.717, 1.165) is 42.2 Å². The molecule has 170 valence electrons. The fourth-order valence-electron chi connectivity index (χ4n) is 2.96. The molecule has 9 heteroatoms. The van der Waals surface area contributed by atoms with Crippen molar-refractivity contribution in [1.82, 2.24) is 9.97 Å². The quantitative estimate of drug-likeness (QED) is 0.465. The molecule has 0 saturated heterocycles. The molecule has 4 rings (SSSR count). The molecule has 2 heterocycles. The van der Waals surface area contributed by atoms with E-state index in [1.807, 2.05) is 0 Å². The molecule has 0 aliphatic carbocycles. The van der Waals surface area contributed by atoms with E-state index in [1.165, 1.54) is 30.7 Å². The Morgan fingerprint density at radius 3 is 2.66 bits per heavy atom. The minimum absolute atomic E-state index is 0.432. The number of aromatic nitrogens is 2. The zero-order valence-electron chi connectivity index (χ0n) is 17.6. The topological polar surface area (TPSA) is 56.3 Å². The van der Waals surface area contributed by atoms with Gasteiger partial charge in [-0.05, 0) is 66.6 Å². The first kappa shape index (κ1) is 23.9. The number of nitrogens with one attached hydrogen (secondary N) is 1. The number of nitrogens with zero attached hydrogens (tertiary/aromatic N) is 2. The summed E-state index contributed by atoms with van der Waals surface area (Å²) in [5.74, 6) is 1.61. The number of rotatable bonds is 6. The van der Waals surface area contributed by atoms with Gasteiger partial charge in [-0.1, -0.05) is 24.3 Å². The molecule has 0 bridgehead atoms. The fraction of sp³-hybridized carbons (Fsp3) is 0.304. The van der Waals surface area contributed by atoms with Crippen LogP contribution in [0, 0.1) is 0 Å². The highest BCUT2D eigenvalue weighted by Gasteiger charge is 2.30. The summed E-state index contributed by atoms with van der Waals surface area (Å²) in [5.41, 5.74) is 1.33. The van der Waals surface area contributed by atoms with Gasteiger partial charge in [-0.2, -0.15) is 13.2 Å². The maximum Gasteiger partial charge on any atom is 0.416 e. The van der Waals surface area contributed by atoms with Crippen molar-refractivity contribution in [2.45, 2.75) is 30.3 Å². The lowest BCUT2D eigenvalue weighted by molar-refractivity contribution is -0.137. The standard InChI is InChI=1S/C13H13N3OS.C10H11F3O/c1-3-10-4-5-11(9-12(10)17-8-1)18-16-13-14-6-2-7-15-13;1-14-6-5-8-3-2-4-9(7-8)10(11,12)13/h2,4-7,9H,1,3,8H2,(H,14,15,16);2-4,7H,5-6H2,1H3. The van der Waals surface area contributed by atoms with Crippen LogP contribution in [0.3, 0.4) is 0 Å². The monoisotopic (exact) mass is 463 g/mol. The van der Waals surface area contributed by atoms with E-state index >= 15 is 0 Å². The molecule has 0 radical (unpaired) electrons. The maximum atomic E-state index is 12.3. The highest BCUT2D eigenvalue weighted by molar-refractivity contribution is 8.00. The highest BCUT2D eigenvalue weighted by Crippen LogP contribution is 2.30. The van der Waals surface area contributed by atoms with Crippen LogP contribution >= 0.6 is 11.9 Å². The molecule has 1 N–H and O–H groups in total. The van der Waals surface area contributed by atoms with Gasteiger partial charge in [0.15, 0.2) is 0 Å². The molecule has 0 fully saturated rings. The van der Waals surface area contributed by atoms with Gasteiger partial charge < -0.3 is 9.47 Å². The number of hydrogen-bond acceptors (Lipinski definition) is 6. The molecule has 0 saturated carbocycles. The second-order valence-electron chi connectivity index (χ2n) is 6.94. The number of aryl methyl sites for hydroxylation is 1. The number of methoxy groups -OCH3 is 1. The molecule has 0 spiro atoms. The van der Waals surface area contributed by atoms with Crippen LogP contribution < -0.4 is 9.46 Å². The number of anilines is 1. The van der Waals surface area contributed by atoms with Gasteiger partial charge >= 0.3 is 6.18 Å². The van der Waals surface area contributed by atoms with Crippen LogP contribution in [-0.2, 0) is 23.8 Å². The number of fused-ring (bicyclic) bond motifs is 1. The van der Waals surface area contributed by atoms with Crippen molar-refractivity contribution < 1.29 is 22.6 Å². The predicted molar refractivity (Wildman–Crippen MR) is 119 cm³/mol. The van der Waals surface area contributed by atoms with Crippen molar-refractivity contribution in [2.24, 2.45) is 0 Å². The van der Waals surface area contributed by atoms with Crippen LogP contribution in [0.2, 0.25) is 0 Å². The first-order chi connectivity index (χ1) is 15.5. The van der Waals surface area contributed by atoms with Gasteiger partial charge in [0.25, 0.3) is 0 Å². The van der Waals surface area contributed by atoms with E-state index in [0.29, 0.717) is 24.5 Å². The first-order valence-corrected chi connectivity index (χ1v) is 10.9. The first-order valence-electron chi connectivity index (χ1n) is 10.1. The Bertz CT molecular complexity index is 988. The average Bonchev–Trinajstić information content (AvgIpc) is 2.82. The Hall–Kier alpha value is -2.78. The van der Waals surface area contributed by atoms with Crippen LogP contribution in [0.25, 0.3) is 0 Å². The Kier molecular flexibility index (Phi) is 8.75. The van der Waals surface area contributed by atoms with Crippen LogP contribution in [-0.4, -0.2) is 30.3 Å². The van der Waals surface area contributed by atoms with Crippen LogP contribution in [0.4, 0.5) is 19.1 Å². The van der Waals surface area contributed by atoms with Crippen molar-refractivity contribution in [3.8, 4) is 5.75 Å². The number of benzene rings is 2. The predicted octanol–water partition coefficient (Wildman–Crippen LogP) is 5.82. The number of hydrogen-bond donors (Lipinski definition) is 1. The third-order valence-corrected chi connectivity index (χ3v) is 5.34. The summed E-state index contributed by atoms with van der Waals surface area (Å²) >= 11 is 1.49. The molecule has 3 aromatic rings. The lowest BCUT2D eigenvalue weighted by Gasteiger charge is -2.17. The lowest BCUT2D eigenvalue weighted by Crippen LogP contribution is -2.08. The van der Waals surface area contributed by atoms with Crippen molar-refractivity contribution in [3.05, 3.63) is 77.6 Å². The van der Waals surface area contributed by atoms with Crippen LogP contribution in [0.5, 0.6) is 5.75 Å². The van der Waals surface area contributed by atoms with Gasteiger partial charge in [-0.25, -0.2) is 9.97 Å². The Morgan fingerprint density at radius 1 is 1.09 bits per heavy atom. The van der Waals surface area contributed by atoms with E-state index in [1.54, 1.807) is 24.5 Å². The van der Waals surface area contributed by atoms with Crippen LogP contribution in [0.1, 0.15) is 23.1 Å². The van der Waals surface area contributed by atoms with Crippen molar-refractivity contribution in [1.29, 1.82) is 0 Å². The van der Waals surface area contributed by atoms with Gasteiger partial charge in [0.05, 0.1) is 18.8 Å². The maximum absolute atomic E-state index is 12.3. The molecule has 1 aromatic heterocycles. The Labute approximate surface area is 189 Å². The molecule has 32 heavy (non-hydrogen) atoms. The van der Waals surface area contributed by atoms with E-state index in [2.05, 4.69) is 32.9 Å². The molecule has 1 aliphatic heterocycles. The SMILES string of the molecule is COCCc1cccc(C(F)(F)F)c1.c1cnc(NSc2ccc3c(c2)OCCC3)nc1. The molecular formula is C23H24F3N3O2S. The summed E-state index contributed by atoms with van der Waals surface area (Å²) in [4.78, 5) is 9.31. The molecule has 5 nitrogen and oxygen atoms in total. The summed E-state index contributed by atoms with van der Waals surface area (Å²) in [5, 5.41) is 0. The second kappa shape index (κ2) is 11.7. The van der Waals surface area contributed by atoms with Crippen molar-refractivity contribution >= 4 is 17.9 Å². The van der Waals surface area contributed by atoms with Gasteiger partial charge in [0, 0.05) is 24.4 Å². The minimum atomic E-state index is -4.26. The zero-order chi connectivity index (χ0) is 22.8. The van der Waals surface area contributed by atoms with E-state index in [4.69, 9.17) is 9.47 Å². The Morgan fingerprint density at radius 2 is 1.91 bits per heavy atom. The zero-order valence-corrected chi connectivity index (χ0v) is 18.4. The number of alkyl halides is 3. The third-order valence-electron chi connectivity index (χ3n) is 4.56. The van der Waals surface area contributed by atoms with Crippen molar-refractivity contribution in [3.63, 3.8) is 0 Å².